The highest BCUT2D eigenvalue weighted by Crippen LogP contribution is 2.17. The predicted octanol–water partition coefficient (Wildman–Crippen LogP) is 2.35. The van der Waals surface area contributed by atoms with Gasteiger partial charge in [-0.1, -0.05) is 30.3 Å². The molecule has 0 saturated heterocycles. The molecule has 108 valence electrons. The zero-order valence-corrected chi connectivity index (χ0v) is 12.2. The largest absolute Gasteiger partial charge is 0.467 e. The van der Waals surface area contributed by atoms with Crippen LogP contribution in [-0.4, -0.2) is 34.3 Å². The summed E-state index contributed by atoms with van der Waals surface area (Å²) in [6.45, 7) is 1.71. The number of rotatable bonds is 5. The molecule has 1 heterocycles. The molecule has 0 spiro atoms. The van der Waals surface area contributed by atoms with Crippen LogP contribution in [0.3, 0.4) is 0 Å². The molecule has 1 atom stereocenters. The molecular weight excluding hydrogens is 292 g/mol. The maximum absolute atomic E-state index is 12.3. The van der Waals surface area contributed by atoms with Gasteiger partial charge in [-0.2, -0.15) is 9.49 Å². The van der Waals surface area contributed by atoms with E-state index < -0.39 is 17.8 Å². The highest BCUT2D eigenvalue weighted by atomic mass is 32.1. The van der Waals surface area contributed by atoms with Gasteiger partial charge in [0.25, 0.3) is 0 Å². The first-order valence-corrected chi connectivity index (χ1v) is 6.77. The van der Waals surface area contributed by atoms with Gasteiger partial charge in [0, 0.05) is 17.1 Å². The molecule has 0 bridgehead atoms. The van der Waals surface area contributed by atoms with E-state index in [1.165, 1.54) is 7.11 Å². The number of hydrogen-bond donors (Lipinski definition) is 0. The smallest absolute Gasteiger partial charge is 0.340 e. The number of ether oxygens (including phenoxy) is 1. The Labute approximate surface area is 124 Å². The van der Waals surface area contributed by atoms with Crippen molar-refractivity contribution in [2.45, 2.75) is 13.0 Å². The molecular formula is C13H12N4O3S. The van der Waals surface area contributed by atoms with Gasteiger partial charge in [-0.3, -0.25) is 4.79 Å². The van der Waals surface area contributed by atoms with E-state index in [9.17, 15) is 9.59 Å². The fourth-order valence-electron chi connectivity index (χ4n) is 1.51. The van der Waals surface area contributed by atoms with Gasteiger partial charge < -0.3 is 4.74 Å². The molecule has 1 unspecified atom stereocenters. The van der Waals surface area contributed by atoms with Crippen LogP contribution in [0.5, 0.6) is 0 Å². The van der Waals surface area contributed by atoms with Crippen molar-refractivity contribution in [2.75, 3.05) is 7.11 Å². The lowest BCUT2D eigenvalue weighted by atomic mass is 10.1. The Morgan fingerprint density at radius 2 is 2.00 bits per heavy atom. The third kappa shape index (κ3) is 3.76. The third-order valence-electron chi connectivity index (χ3n) is 2.51. The van der Waals surface area contributed by atoms with Crippen LogP contribution in [0.4, 0.5) is 5.13 Å². The van der Waals surface area contributed by atoms with Crippen molar-refractivity contribution < 1.29 is 14.3 Å². The van der Waals surface area contributed by atoms with E-state index in [0.717, 1.165) is 11.5 Å². The van der Waals surface area contributed by atoms with Gasteiger partial charge in [-0.15, -0.1) is 5.11 Å². The van der Waals surface area contributed by atoms with E-state index in [0.29, 0.717) is 11.4 Å². The van der Waals surface area contributed by atoms with Crippen molar-refractivity contribution >= 4 is 28.4 Å². The SMILES string of the molecule is COC(=O)C(N=Nc1nc(C)ns1)C(=O)c1ccccc1. The first kappa shape index (κ1) is 14.9. The first-order valence-electron chi connectivity index (χ1n) is 6.00. The summed E-state index contributed by atoms with van der Waals surface area (Å²) in [5.41, 5.74) is 0.361. The molecule has 0 radical (unpaired) electrons. The molecule has 8 heteroatoms. The molecule has 0 aliphatic carbocycles. The molecule has 2 aromatic rings. The summed E-state index contributed by atoms with van der Waals surface area (Å²) in [6.07, 6.45) is 0. The average molecular weight is 304 g/mol. The highest BCUT2D eigenvalue weighted by Gasteiger charge is 2.28. The van der Waals surface area contributed by atoms with Crippen LogP contribution in [0, 0.1) is 6.92 Å². The second kappa shape index (κ2) is 6.80. The van der Waals surface area contributed by atoms with Gasteiger partial charge in [0.15, 0.2) is 0 Å². The van der Waals surface area contributed by atoms with Gasteiger partial charge in [-0.05, 0) is 6.92 Å². The van der Waals surface area contributed by atoms with Crippen LogP contribution >= 0.6 is 11.5 Å². The Morgan fingerprint density at radius 3 is 2.57 bits per heavy atom. The Morgan fingerprint density at radius 1 is 1.29 bits per heavy atom. The van der Waals surface area contributed by atoms with Crippen LogP contribution < -0.4 is 0 Å². The normalized spacial score (nSPS) is 12.3. The van der Waals surface area contributed by atoms with E-state index in [4.69, 9.17) is 0 Å². The molecule has 0 aliphatic heterocycles. The van der Waals surface area contributed by atoms with Crippen LogP contribution in [0.2, 0.25) is 0 Å². The number of carbonyl (C=O) groups excluding carboxylic acids is 2. The summed E-state index contributed by atoms with van der Waals surface area (Å²) >= 11 is 1.03. The zero-order valence-electron chi connectivity index (χ0n) is 11.4. The minimum atomic E-state index is -1.35. The van der Waals surface area contributed by atoms with Gasteiger partial charge in [0.2, 0.25) is 17.0 Å². The van der Waals surface area contributed by atoms with Gasteiger partial charge in [0.1, 0.15) is 5.82 Å². The lowest BCUT2D eigenvalue weighted by Gasteiger charge is -2.07. The van der Waals surface area contributed by atoms with Crippen molar-refractivity contribution in [3.05, 3.63) is 41.7 Å². The van der Waals surface area contributed by atoms with E-state index >= 15 is 0 Å². The number of nitrogens with zero attached hydrogens (tertiary/aromatic N) is 4. The van der Waals surface area contributed by atoms with Crippen LogP contribution in [0.15, 0.2) is 40.6 Å². The number of ketones is 1. The monoisotopic (exact) mass is 304 g/mol. The summed E-state index contributed by atoms with van der Waals surface area (Å²) in [5, 5.41) is 7.83. The first-order chi connectivity index (χ1) is 10.1. The minimum absolute atomic E-state index is 0.280. The molecule has 0 saturated carbocycles. The minimum Gasteiger partial charge on any atom is -0.467 e. The molecule has 1 aromatic heterocycles. The molecule has 2 rings (SSSR count). The zero-order chi connectivity index (χ0) is 15.2. The van der Waals surface area contributed by atoms with Gasteiger partial charge in [-0.25, -0.2) is 9.78 Å². The van der Waals surface area contributed by atoms with Crippen molar-refractivity contribution in [3.63, 3.8) is 0 Å². The second-order valence-corrected chi connectivity index (χ2v) is 4.73. The summed E-state index contributed by atoms with van der Waals surface area (Å²) in [6, 6.07) is 7.03. The number of aromatic nitrogens is 2. The number of carbonyl (C=O) groups is 2. The number of azo groups is 1. The molecule has 0 fully saturated rings. The van der Waals surface area contributed by atoms with Crippen molar-refractivity contribution in [1.29, 1.82) is 0 Å². The quantitative estimate of drug-likeness (QED) is 0.366. The fourth-order valence-corrected chi connectivity index (χ4v) is 2.02. The van der Waals surface area contributed by atoms with E-state index in [2.05, 4.69) is 24.3 Å². The standard InChI is InChI=1S/C13H12N4O3S/c1-8-14-13(21-17-8)16-15-10(12(19)20-2)11(18)9-6-4-3-5-7-9/h3-7,10H,1-2H3. The number of benzene rings is 1. The molecule has 21 heavy (non-hydrogen) atoms. The number of esters is 1. The topological polar surface area (TPSA) is 93.9 Å². The summed E-state index contributed by atoms with van der Waals surface area (Å²) < 4.78 is 8.54. The molecule has 0 N–H and O–H groups in total. The molecule has 0 aliphatic rings. The van der Waals surface area contributed by atoms with E-state index in [1.807, 2.05) is 0 Å². The van der Waals surface area contributed by atoms with Crippen molar-refractivity contribution in [2.24, 2.45) is 10.2 Å². The summed E-state index contributed by atoms with van der Waals surface area (Å²) in [5.74, 6) is -0.695. The lowest BCUT2D eigenvalue weighted by molar-refractivity contribution is -0.140. The van der Waals surface area contributed by atoms with Gasteiger partial charge >= 0.3 is 5.97 Å². The fraction of sp³-hybridized carbons (Fsp3) is 0.231. The number of hydrogen-bond acceptors (Lipinski definition) is 8. The molecule has 1 aromatic carbocycles. The maximum atomic E-state index is 12.3. The van der Waals surface area contributed by atoms with Crippen LogP contribution in [-0.2, 0) is 9.53 Å². The van der Waals surface area contributed by atoms with Crippen LogP contribution in [0.25, 0.3) is 0 Å². The number of Topliss-reactive ketones (excluding diaryl/α,β-unsaturated/α-hetero) is 1. The average Bonchev–Trinajstić information content (AvgIpc) is 2.93. The summed E-state index contributed by atoms with van der Waals surface area (Å²) in [7, 11) is 1.19. The predicted molar refractivity (Wildman–Crippen MR) is 75.7 cm³/mol. The molecule has 0 amide bonds. The number of methoxy groups -OCH3 is 1. The Kier molecular flexibility index (Phi) is 4.83. The second-order valence-electron chi connectivity index (χ2n) is 4.00. The van der Waals surface area contributed by atoms with Crippen molar-refractivity contribution in [3.8, 4) is 0 Å². The third-order valence-corrected chi connectivity index (χ3v) is 3.20. The Balaban J connectivity index is 2.25. The van der Waals surface area contributed by atoms with Crippen LogP contribution in [0.1, 0.15) is 16.2 Å². The van der Waals surface area contributed by atoms with Gasteiger partial charge in [0.05, 0.1) is 7.11 Å². The molecule has 7 nitrogen and oxygen atoms in total. The lowest BCUT2D eigenvalue weighted by Crippen LogP contribution is -2.29. The summed E-state index contributed by atoms with van der Waals surface area (Å²) in [4.78, 5) is 28.0. The highest BCUT2D eigenvalue weighted by molar-refractivity contribution is 7.09. The number of aryl methyl sites for hydroxylation is 1. The van der Waals surface area contributed by atoms with E-state index in [-0.39, 0.29) is 5.13 Å². The van der Waals surface area contributed by atoms with Crippen molar-refractivity contribution in [1.82, 2.24) is 9.36 Å². The maximum Gasteiger partial charge on any atom is 0.340 e. The van der Waals surface area contributed by atoms with E-state index in [1.54, 1.807) is 37.3 Å². The Bertz CT molecular complexity index is 669. The Hall–Kier alpha value is -2.48.